The Morgan fingerprint density at radius 1 is 0.358 bits per heavy atom. The van der Waals surface area contributed by atoms with E-state index in [2.05, 4.69) is 44.9 Å². The molecule has 0 unspecified atom stereocenters. The monoisotopic (exact) mass is 1070 g/mol. The van der Waals surface area contributed by atoms with Crippen LogP contribution in [0.2, 0.25) is 0 Å². The normalized spacial score (nSPS) is 11.9. The van der Waals surface area contributed by atoms with Crippen LogP contribution in [0.15, 0.2) is 197 Å². The first-order valence-electron chi connectivity index (χ1n) is 27.1. The first-order valence-corrected chi connectivity index (χ1v) is 25.6. The largest absolute Gasteiger partial charge is 0.464 e. The van der Waals surface area contributed by atoms with E-state index in [-0.39, 0.29) is 18.5 Å². The standard InChI is InChI=1S/3C21H16N4O2/c3*1-13-11-15(27-21-17-6-10-26-18(17)5-7-23-21)3-4-16(13)20-14(2)24-12-19-22-8-9-25(19)20/h3*3-12H,1-2H3/i3*12D. The third-order valence-electron chi connectivity index (χ3n) is 13.7. The molecule has 0 saturated carbocycles. The highest BCUT2D eigenvalue weighted by atomic mass is 16.5. The predicted octanol–water partition coefficient (Wildman–Crippen LogP) is 14.8. The number of rotatable bonds is 9. The number of pyridine rings is 3. The van der Waals surface area contributed by atoms with Crippen molar-refractivity contribution in [3.63, 3.8) is 0 Å². The van der Waals surface area contributed by atoms with E-state index in [4.69, 9.17) is 31.6 Å². The first kappa shape index (κ1) is 46.1. The maximum Gasteiger partial charge on any atom is 0.230 e. The second-order valence-corrected chi connectivity index (χ2v) is 18.9. The molecule has 15 rings (SSSR count). The van der Waals surface area contributed by atoms with E-state index in [9.17, 15) is 0 Å². The highest BCUT2D eigenvalue weighted by molar-refractivity contribution is 5.84. The van der Waals surface area contributed by atoms with Gasteiger partial charge in [-0.2, -0.15) is 0 Å². The van der Waals surface area contributed by atoms with Crippen LogP contribution in [0.4, 0.5) is 0 Å². The van der Waals surface area contributed by atoms with Gasteiger partial charge >= 0.3 is 0 Å². The molecule has 0 radical (unpaired) electrons. The average Bonchev–Trinajstić information content (AvgIpc) is 4.52. The average molecular weight is 1070 g/mol. The van der Waals surface area contributed by atoms with Gasteiger partial charge in [-0.1, -0.05) is 0 Å². The third kappa shape index (κ3) is 9.45. The molecule has 18 nitrogen and oxygen atoms in total. The van der Waals surface area contributed by atoms with Crippen molar-refractivity contribution in [2.24, 2.45) is 0 Å². The molecule has 0 N–H and O–H groups in total. The molecule has 396 valence electrons. The SMILES string of the molecule is [2H]c1nc(C)c(-c2ccc(Oc3nccc4occc34)cc2C)n2ccnc12.[2H]c1nc(C)c(-c2ccc(Oc3nccc4occc34)cc2C)n2ccnc12.[2H]c1nc(C)c(-c2ccc(Oc3nccc4occc34)cc2C)n2ccnc12. The first-order chi connectivity index (χ1) is 40.8. The van der Waals surface area contributed by atoms with E-state index in [0.29, 0.717) is 51.8 Å². The van der Waals surface area contributed by atoms with E-state index in [1.807, 2.05) is 146 Å². The number of fused-ring (bicyclic) bond motifs is 6. The molecule has 0 aliphatic heterocycles. The van der Waals surface area contributed by atoms with Gasteiger partial charge in [0.05, 0.1) is 91.7 Å². The molecule has 0 saturated heterocycles. The van der Waals surface area contributed by atoms with Crippen molar-refractivity contribution >= 4 is 49.8 Å². The maximum absolute atomic E-state index is 8.02. The summed E-state index contributed by atoms with van der Waals surface area (Å²) in [4.78, 5) is 38.7. The van der Waals surface area contributed by atoms with Crippen molar-refractivity contribution in [1.29, 1.82) is 0 Å². The molecule has 0 amide bonds. The highest BCUT2D eigenvalue weighted by Gasteiger charge is 2.18. The summed E-state index contributed by atoms with van der Waals surface area (Å²) in [5.41, 5.74) is 15.0. The summed E-state index contributed by atoms with van der Waals surface area (Å²) in [6, 6.07) is 28.5. The minimum atomic E-state index is 0.170. The minimum absolute atomic E-state index is 0.170. The smallest absolute Gasteiger partial charge is 0.230 e. The number of aryl methyl sites for hydroxylation is 6. The Morgan fingerprint density at radius 3 is 0.963 bits per heavy atom. The molecular formula is C63H48N12O6. The summed E-state index contributed by atoms with van der Waals surface area (Å²) < 4.78 is 64.0. The molecule has 18 heteroatoms. The van der Waals surface area contributed by atoms with E-state index < -0.39 is 0 Å². The fourth-order valence-corrected chi connectivity index (χ4v) is 9.84. The van der Waals surface area contributed by atoms with Gasteiger partial charge in [-0.25, -0.2) is 29.9 Å². The number of hydrogen-bond donors (Lipinski definition) is 0. The lowest BCUT2D eigenvalue weighted by Gasteiger charge is -2.13. The summed E-state index contributed by atoms with van der Waals surface area (Å²) in [5, 5.41) is 2.49. The van der Waals surface area contributed by atoms with Crippen molar-refractivity contribution in [3.05, 3.63) is 218 Å². The van der Waals surface area contributed by atoms with Crippen LogP contribution in [0.5, 0.6) is 34.9 Å². The van der Waals surface area contributed by atoms with Crippen LogP contribution in [0.25, 0.3) is 83.6 Å². The van der Waals surface area contributed by atoms with Gasteiger partial charge < -0.3 is 27.5 Å². The zero-order valence-electron chi connectivity index (χ0n) is 47.4. The zero-order chi connectivity index (χ0) is 57.8. The molecular weight excluding hydrogens is 1020 g/mol. The fourth-order valence-electron chi connectivity index (χ4n) is 9.84. The second kappa shape index (κ2) is 20.7. The molecule has 0 fully saturated rings. The minimum Gasteiger partial charge on any atom is -0.464 e. The number of benzene rings is 3. The van der Waals surface area contributed by atoms with Gasteiger partial charge in [0.2, 0.25) is 17.6 Å². The van der Waals surface area contributed by atoms with Gasteiger partial charge in [-0.05, 0) is 149 Å². The molecule has 12 aromatic heterocycles. The van der Waals surface area contributed by atoms with Gasteiger partial charge in [-0.3, -0.25) is 28.2 Å². The Labute approximate surface area is 465 Å². The van der Waals surface area contributed by atoms with E-state index >= 15 is 0 Å². The molecule has 0 atom stereocenters. The number of ether oxygens (including phenoxy) is 3. The van der Waals surface area contributed by atoms with Gasteiger partial charge in [-0.15, -0.1) is 0 Å². The van der Waals surface area contributed by atoms with Crippen LogP contribution in [0.1, 0.15) is 37.9 Å². The highest BCUT2D eigenvalue weighted by Crippen LogP contribution is 2.37. The second-order valence-electron chi connectivity index (χ2n) is 18.9. The summed E-state index contributed by atoms with van der Waals surface area (Å²) in [5.74, 6) is 3.58. The van der Waals surface area contributed by atoms with Crippen LogP contribution < -0.4 is 14.2 Å². The van der Waals surface area contributed by atoms with E-state index in [1.165, 1.54) is 0 Å². The zero-order valence-corrected chi connectivity index (χ0v) is 44.4. The van der Waals surface area contributed by atoms with Crippen LogP contribution in [-0.4, -0.2) is 58.1 Å². The number of nitrogens with zero attached hydrogens (tertiary/aromatic N) is 12. The Kier molecular flexibility index (Phi) is 11.8. The Hall–Kier alpha value is -11.0. The molecule has 0 aliphatic rings. The summed E-state index contributed by atoms with van der Waals surface area (Å²) in [6.07, 6.45) is 21.0. The van der Waals surface area contributed by atoms with Crippen LogP contribution >= 0.6 is 0 Å². The topological polar surface area (TPSA) is 196 Å². The summed E-state index contributed by atoms with van der Waals surface area (Å²) in [6.45, 7) is 11.8. The maximum atomic E-state index is 8.02. The number of aromatic nitrogens is 12. The molecule has 81 heavy (non-hydrogen) atoms. The molecule has 0 aliphatic carbocycles. The Balaban J connectivity index is 0.000000118. The number of furan rings is 3. The van der Waals surface area contributed by atoms with Crippen LogP contribution in [-0.2, 0) is 0 Å². The van der Waals surface area contributed by atoms with Gasteiger partial charge in [0.15, 0.2) is 16.9 Å². The lowest BCUT2D eigenvalue weighted by atomic mass is 10.0. The molecule has 12 heterocycles. The number of imidazole rings is 3. The predicted molar refractivity (Wildman–Crippen MR) is 306 cm³/mol. The molecule has 0 spiro atoms. The van der Waals surface area contributed by atoms with Gasteiger partial charge in [0.25, 0.3) is 0 Å². The third-order valence-corrected chi connectivity index (χ3v) is 13.7. The molecule has 15 aromatic rings. The van der Waals surface area contributed by atoms with E-state index in [0.717, 1.165) is 100 Å². The van der Waals surface area contributed by atoms with Crippen molar-refractivity contribution in [2.45, 2.75) is 41.5 Å². The van der Waals surface area contributed by atoms with Gasteiger partial charge in [0.1, 0.15) is 34.0 Å². The molecule has 0 bridgehead atoms. The van der Waals surface area contributed by atoms with Crippen LogP contribution in [0, 0.1) is 41.5 Å². The van der Waals surface area contributed by atoms with Crippen molar-refractivity contribution in [1.82, 2.24) is 58.1 Å². The van der Waals surface area contributed by atoms with Crippen molar-refractivity contribution in [2.75, 3.05) is 0 Å². The lowest BCUT2D eigenvalue weighted by molar-refractivity contribution is 0.468. The summed E-state index contributed by atoms with van der Waals surface area (Å²) in [7, 11) is 0. The lowest BCUT2D eigenvalue weighted by Crippen LogP contribution is -1.99. The Bertz CT molecular complexity index is 4510. The Morgan fingerprint density at radius 2 is 0.667 bits per heavy atom. The quantitative estimate of drug-likeness (QED) is 0.132. The van der Waals surface area contributed by atoms with E-state index in [1.54, 1.807) is 74.2 Å². The number of hydrogen-bond acceptors (Lipinski definition) is 15. The van der Waals surface area contributed by atoms with Crippen molar-refractivity contribution < 1.29 is 31.6 Å². The van der Waals surface area contributed by atoms with Crippen LogP contribution in [0.3, 0.4) is 0 Å². The van der Waals surface area contributed by atoms with Gasteiger partial charge in [0, 0.05) is 72.5 Å². The molecule has 3 aromatic carbocycles. The fraction of sp³-hybridized carbons (Fsp3) is 0.0952. The summed E-state index contributed by atoms with van der Waals surface area (Å²) >= 11 is 0. The van der Waals surface area contributed by atoms with Crippen molar-refractivity contribution in [3.8, 4) is 68.7 Å².